The van der Waals surface area contributed by atoms with Crippen molar-refractivity contribution in [2.75, 3.05) is 0 Å². The first-order chi connectivity index (χ1) is 13.7. The summed E-state index contributed by atoms with van der Waals surface area (Å²) in [6, 6.07) is 10.3. The molecule has 10 heteroatoms. The summed E-state index contributed by atoms with van der Waals surface area (Å²) in [6.45, 7) is 0. The molecule has 3 heterocycles. The lowest BCUT2D eigenvalue weighted by Gasteiger charge is -2.14. The number of pyridine rings is 2. The maximum atomic E-state index is 13.7. The van der Waals surface area contributed by atoms with Crippen LogP contribution in [0.15, 0.2) is 52.2 Å². The Balaban J connectivity index is 1.92. The van der Waals surface area contributed by atoms with Crippen LogP contribution in [0.2, 0.25) is 0 Å². The van der Waals surface area contributed by atoms with Crippen molar-refractivity contribution in [3.05, 3.63) is 69.0 Å². The second kappa shape index (κ2) is 7.12. The van der Waals surface area contributed by atoms with Gasteiger partial charge < -0.3 is 10.3 Å². The maximum Gasteiger partial charge on any atom is 0.432 e. The van der Waals surface area contributed by atoms with Gasteiger partial charge in [0.2, 0.25) is 0 Å². The Morgan fingerprint density at radius 1 is 1.07 bits per heavy atom. The van der Waals surface area contributed by atoms with Crippen LogP contribution < -0.4 is 10.7 Å². The zero-order valence-corrected chi connectivity index (χ0v) is 16.0. The van der Waals surface area contributed by atoms with Crippen LogP contribution in [0, 0.1) is 0 Å². The molecule has 0 atom stereocenters. The molecule has 4 rings (SSSR count). The van der Waals surface area contributed by atoms with Crippen molar-refractivity contribution >= 4 is 51.2 Å². The van der Waals surface area contributed by atoms with Gasteiger partial charge in [-0.05, 0) is 30.3 Å². The highest BCUT2D eigenvalue weighted by Crippen LogP contribution is 2.35. The number of benzene rings is 1. The Bertz CT molecular complexity index is 1270. The van der Waals surface area contributed by atoms with Crippen LogP contribution in [0.5, 0.6) is 0 Å². The van der Waals surface area contributed by atoms with E-state index in [0.29, 0.717) is 0 Å². The third-order valence-electron chi connectivity index (χ3n) is 4.14. The van der Waals surface area contributed by atoms with E-state index in [2.05, 4.69) is 15.3 Å². The number of thiocarbonyl (C=S) groups is 1. The number of rotatable bonds is 2. The first kappa shape index (κ1) is 19.3. The Labute approximate surface area is 171 Å². The van der Waals surface area contributed by atoms with Crippen molar-refractivity contribution in [3.63, 3.8) is 0 Å². The number of halogens is 3. The number of nitrogens with one attached hydrogen (secondary N) is 2. The summed E-state index contributed by atoms with van der Waals surface area (Å²) in [5.74, 6) is -0.410. The summed E-state index contributed by atoms with van der Waals surface area (Å²) < 4.78 is 41.3. The highest BCUT2D eigenvalue weighted by molar-refractivity contribution is 8.26. The minimum atomic E-state index is -4.79. The Hall–Kier alpha value is -2.98. The van der Waals surface area contributed by atoms with E-state index in [1.165, 1.54) is 42.5 Å². The number of thioether (sulfide) groups is 1. The van der Waals surface area contributed by atoms with Crippen LogP contribution >= 0.6 is 24.0 Å². The summed E-state index contributed by atoms with van der Waals surface area (Å²) in [5.41, 5.74) is -2.36. The van der Waals surface area contributed by atoms with Crippen LogP contribution in [0.3, 0.4) is 0 Å². The smallest absolute Gasteiger partial charge is 0.350 e. The Morgan fingerprint density at radius 2 is 1.83 bits per heavy atom. The van der Waals surface area contributed by atoms with Crippen molar-refractivity contribution in [1.82, 2.24) is 15.3 Å². The lowest BCUT2D eigenvalue weighted by molar-refractivity contribution is -0.140. The number of amides is 1. The summed E-state index contributed by atoms with van der Waals surface area (Å²) in [5, 5.41) is 2.57. The molecule has 1 amide bonds. The average molecular weight is 433 g/mol. The van der Waals surface area contributed by atoms with Gasteiger partial charge in [-0.2, -0.15) is 13.2 Å². The first-order valence-corrected chi connectivity index (χ1v) is 9.41. The number of hydrogen-bond acceptors (Lipinski definition) is 5. The van der Waals surface area contributed by atoms with Gasteiger partial charge in [-0.25, -0.2) is 4.98 Å². The number of nitrogens with zero attached hydrogens (tertiary/aromatic N) is 1. The van der Waals surface area contributed by atoms with Crippen LogP contribution in [0.25, 0.3) is 28.2 Å². The SMILES string of the molecule is O=C1NC(=S)S/C1=C\c1cccc(-c2c(C(F)(F)F)[nH]c3ccccc3c2=O)n1. The number of hydrogen-bond donors (Lipinski definition) is 2. The number of carbonyl (C=O) groups excluding carboxylic acids is 1. The number of H-pyrrole nitrogens is 1. The second-order valence-corrected chi connectivity index (χ2v) is 7.77. The summed E-state index contributed by atoms with van der Waals surface area (Å²) in [6.07, 6.45) is -3.38. The highest BCUT2D eigenvalue weighted by atomic mass is 32.2. The predicted molar refractivity (Wildman–Crippen MR) is 109 cm³/mol. The molecule has 1 saturated heterocycles. The van der Waals surface area contributed by atoms with Crippen molar-refractivity contribution < 1.29 is 18.0 Å². The molecule has 2 aromatic heterocycles. The number of aromatic nitrogens is 2. The monoisotopic (exact) mass is 433 g/mol. The molecule has 1 aromatic carbocycles. The maximum absolute atomic E-state index is 13.7. The lowest BCUT2D eigenvalue weighted by atomic mass is 10.0. The number of alkyl halides is 3. The molecular formula is C19H10F3N3O2S2. The van der Waals surface area contributed by atoms with Gasteiger partial charge in [-0.3, -0.25) is 9.59 Å². The van der Waals surface area contributed by atoms with Crippen LogP contribution in [0.1, 0.15) is 11.4 Å². The fourth-order valence-electron chi connectivity index (χ4n) is 2.92. The number of para-hydroxylation sites is 1. The van der Waals surface area contributed by atoms with Gasteiger partial charge in [0.1, 0.15) is 10.0 Å². The Kier molecular flexibility index (Phi) is 4.75. The van der Waals surface area contributed by atoms with E-state index in [1.54, 1.807) is 6.07 Å². The summed E-state index contributed by atoms with van der Waals surface area (Å²) >= 11 is 5.94. The fraction of sp³-hybridized carbons (Fsp3) is 0.0526. The van der Waals surface area contributed by atoms with Gasteiger partial charge in [0.15, 0.2) is 5.43 Å². The molecule has 29 heavy (non-hydrogen) atoms. The fourth-order valence-corrected chi connectivity index (χ4v) is 3.95. The van der Waals surface area contributed by atoms with Crippen molar-refractivity contribution in [2.45, 2.75) is 6.18 Å². The molecule has 0 radical (unpaired) electrons. The van der Waals surface area contributed by atoms with Gasteiger partial charge >= 0.3 is 6.18 Å². The molecule has 1 fully saturated rings. The topological polar surface area (TPSA) is 74.8 Å². The van der Waals surface area contributed by atoms with Crippen molar-refractivity contribution in [1.29, 1.82) is 0 Å². The molecule has 3 aromatic rings. The Morgan fingerprint density at radius 3 is 2.52 bits per heavy atom. The molecule has 1 aliphatic heterocycles. The van der Waals surface area contributed by atoms with E-state index in [1.807, 2.05) is 0 Å². The van der Waals surface area contributed by atoms with Crippen molar-refractivity contribution in [3.8, 4) is 11.3 Å². The van der Waals surface area contributed by atoms with Crippen LogP contribution in [-0.4, -0.2) is 20.2 Å². The number of aromatic amines is 1. The minimum absolute atomic E-state index is 0.0828. The van der Waals surface area contributed by atoms with E-state index in [0.717, 1.165) is 11.8 Å². The van der Waals surface area contributed by atoms with Gasteiger partial charge in [0, 0.05) is 10.9 Å². The highest BCUT2D eigenvalue weighted by Gasteiger charge is 2.37. The van der Waals surface area contributed by atoms with E-state index >= 15 is 0 Å². The van der Waals surface area contributed by atoms with Gasteiger partial charge in [-0.15, -0.1) is 0 Å². The predicted octanol–water partition coefficient (Wildman–Crippen LogP) is 4.10. The van der Waals surface area contributed by atoms with E-state index in [9.17, 15) is 22.8 Å². The zero-order valence-electron chi connectivity index (χ0n) is 14.3. The molecule has 0 saturated carbocycles. The minimum Gasteiger partial charge on any atom is -0.350 e. The molecule has 0 unspecified atom stereocenters. The van der Waals surface area contributed by atoms with Gasteiger partial charge in [0.05, 0.1) is 21.9 Å². The molecular weight excluding hydrogens is 423 g/mol. The summed E-state index contributed by atoms with van der Waals surface area (Å²) in [7, 11) is 0. The number of carbonyl (C=O) groups is 1. The van der Waals surface area contributed by atoms with E-state index < -0.39 is 28.8 Å². The second-order valence-electron chi connectivity index (χ2n) is 6.05. The molecule has 1 aliphatic rings. The molecule has 2 N–H and O–H groups in total. The average Bonchev–Trinajstić information content (AvgIpc) is 2.98. The zero-order chi connectivity index (χ0) is 20.8. The molecule has 0 bridgehead atoms. The third kappa shape index (κ3) is 3.68. The largest absolute Gasteiger partial charge is 0.432 e. The number of fused-ring (bicyclic) bond motifs is 1. The third-order valence-corrected chi connectivity index (χ3v) is 5.30. The molecule has 5 nitrogen and oxygen atoms in total. The van der Waals surface area contributed by atoms with E-state index in [4.69, 9.17) is 12.2 Å². The quantitative estimate of drug-likeness (QED) is 0.470. The standard InChI is InChI=1S/C19H10F3N3O2S2/c20-19(21,22)16-14(15(26)10-5-1-2-6-11(10)24-16)12-7-3-4-9(23-12)8-13-17(27)25-18(28)29-13/h1-8H,(H,24,26)(H,25,27,28)/b13-8-. The van der Waals surface area contributed by atoms with Crippen LogP contribution in [0.4, 0.5) is 13.2 Å². The molecule has 0 spiro atoms. The van der Waals surface area contributed by atoms with Gasteiger partial charge in [-0.1, -0.05) is 42.2 Å². The van der Waals surface area contributed by atoms with Crippen molar-refractivity contribution in [2.24, 2.45) is 0 Å². The normalized spacial score (nSPS) is 15.9. The van der Waals surface area contributed by atoms with Crippen LogP contribution in [-0.2, 0) is 11.0 Å². The van der Waals surface area contributed by atoms with E-state index in [-0.39, 0.29) is 31.5 Å². The first-order valence-electron chi connectivity index (χ1n) is 8.18. The van der Waals surface area contributed by atoms with Gasteiger partial charge in [0.25, 0.3) is 5.91 Å². The molecule has 0 aliphatic carbocycles. The molecule has 146 valence electrons. The lowest BCUT2D eigenvalue weighted by Crippen LogP contribution is -2.19. The summed E-state index contributed by atoms with van der Waals surface area (Å²) in [4.78, 5) is 31.5.